The second-order valence-corrected chi connectivity index (χ2v) is 4.20. The van der Waals surface area contributed by atoms with Gasteiger partial charge in [0.05, 0.1) is 10.6 Å². The van der Waals surface area contributed by atoms with E-state index in [0.29, 0.717) is 0 Å². The number of halogens is 3. The van der Waals surface area contributed by atoms with Gasteiger partial charge in [-0.05, 0) is 28.1 Å². The summed E-state index contributed by atoms with van der Waals surface area (Å²) in [4.78, 5) is 0. The van der Waals surface area contributed by atoms with Crippen molar-refractivity contribution in [2.45, 2.75) is 12.2 Å². The molecule has 0 amide bonds. The Morgan fingerprint density at radius 1 is 1.27 bits per heavy atom. The third-order valence-corrected chi connectivity index (χ3v) is 2.89. The van der Waals surface area contributed by atoms with E-state index in [-0.39, 0.29) is 15.8 Å². The molecule has 2 nitrogen and oxygen atoms in total. The fourth-order valence-corrected chi connectivity index (χ4v) is 1.59. The van der Waals surface area contributed by atoms with Crippen LogP contribution >= 0.6 is 28.6 Å². The molecule has 0 saturated heterocycles. The van der Waals surface area contributed by atoms with Crippen LogP contribution in [0.4, 0.5) is 8.78 Å². The average Bonchev–Trinajstić information content (AvgIpc) is 2.21. The monoisotopic (exact) mass is 298 g/mol. The molecule has 1 rings (SSSR count). The van der Waals surface area contributed by atoms with Crippen molar-refractivity contribution in [2.24, 2.45) is 0 Å². The molecule has 15 heavy (non-hydrogen) atoms. The Morgan fingerprint density at radius 2 is 1.87 bits per heavy atom. The number of hydrogen-bond acceptors (Lipinski definition) is 3. The maximum absolute atomic E-state index is 13.3. The Bertz CT molecular complexity index is 362. The first-order chi connectivity index (χ1) is 6.97. The molecule has 0 aromatic heterocycles. The number of benzene rings is 1. The number of thiol groups is 1. The van der Waals surface area contributed by atoms with Crippen molar-refractivity contribution in [2.75, 3.05) is 5.75 Å². The Morgan fingerprint density at radius 3 is 2.40 bits per heavy atom. The molecule has 2 N–H and O–H groups in total. The van der Waals surface area contributed by atoms with Gasteiger partial charge in [0.15, 0.2) is 0 Å². The minimum absolute atomic E-state index is 0.0312. The molecule has 0 aliphatic carbocycles. The minimum atomic E-state index is -1.48. The number of hydrogen-bond donors (Lipinski definition) is 3. The van der Waals surface area contributed by atoms with Gasteiger partial charge in [0.1, 0.15) is 17.7 Å². The standard InChI is InChI=1S/C9H9BrF2O2S/c10-5-2-6(11)4(1-7(5)12)9(14)8(13)3-15/h1-2,8-9,13-15H,3H2. The van der Waals surface area contributed by atoms with Gasteiger partial charge < -0.3 is 10.2 Å². The van der Waals surface area contributed by atoms with E-state index in [4.69, 9.17) is 0 Å². The summed E-state index contributed by atoms with van der Waals surface area (Å²) in [5.74, 6) is -1.52. The molecular formula is C9H9BrF2O2S. The first-order valence-corrected chi connectivity index (χ1v) is 5.51. The molecule has 0 radical (unpaired) electrons. The summed E-state index contributed by atoms with van der Waals surface area (Å²) in [6, 6.07) is 1.75. The molecule has 0 saturated carbocycles. The molecule has 0 aliphatic heterocycles. The first-order valence-electron chi connectivity index (χ1n) is 4.08. The molecule has 0 aliphatic rings. The quantitative estimate of drug-likeness (QED) is 0.590. The van der Waals surface area contributed by atoms with E-state index < -0.39 is 23.8 Å². The Labute approximate surface area is 99.5 Å². The predicted molar refractivity (Wildman–Crippen MR) is 58.9 cm³/mol. The summed E-state index contributed by atoms with van der Waals surface area (Å²) in [6.07, 6.45) is -2.71. The fourth-order valence-electron chi connectivity index (χ4n) is 1.07. The topological polar surface area (TPSA) is 40.5 Å². The lowest BCUT2D eigenvalue weighted by Crippen LogP contribution is -2.21. The summed E-state index contributed by atoms with van der Waals surface area (Å²) in [6.45, 7) is 0. The van der Waals surface area contributed by atoms with Gasteiger partial charge in [-0.3, -0.25) is 0 Å². The van der Waals surface area contributed by atoms with Crippen LogP contribution in [-0.2, 0) is 0 Å². The molecule has 0 fully saturated rings. The molecular weight excluding hydrogens is 290 g/mol. The van der Waals surface area contributed by atoms with Crippen molar-refractivity contribution in [3.8, 4) is 0 Å². The number of aliphatic hydroxyl groups excluding tert-OH is 2. The van der Waals surface area contributed by atoms with E-state index in [1.54, 1.807) is 0 Å². The molecule has 1 aromatic rings. The lowest BCUT2D eigenvalue weighted by Gasteiger charge is -2.17. The van der Waals surface area contributed by atoms with E-state index in [1.165, 1.54) is 0 Å². The van der Waals surface area contributed by atoms with Gasteiger partial charge in [-0.2, -0.15) is 12.6 Å². The zero-order valence-corrected chi connectivity index (χ0v) is 9.97. The molecule has 6 heteroatoms. The van der Waals surface area contributed by atoms with E-state index in [2.05, 4.69) is 28.6 Å². The Balaban J connectivity index is 3.09. The highest BCUT2D eigenvalue weighted by Gasteiger charge is 2.21. The van der Waals surface area contributed by atoms with E-state index in [9.17, 15) is 19.0 Å². The molecule has 84 valence electrons. The highest BCUT2D eigenvalue weighted by Crippen LogP contribution is 2.26. The smallest absolute Gasteiger partial charge is 0.137 e. The van der Waals surface area contributed by atoms with Crippen molar-refractivity contribution in [3.05, 3.63) is 33.8 Å². The first kappa shape index (κ1) is 12.9. The maximum atomic E-state index is 13.3. The van der Waals surface area contributed by atoms with Gasteiger partial charge >= 0.3 is 0 Å². The SMILES string of the molecule is OC(CS)C(O)c1cc(F)c(Br)cc1F. The molecule has 2 unspecified atom stereocenters. The Kier molecular flexibility index (Phi) is 4.51. The van der Waals surface area contributed by atoms with Gasteiger partial charge in [0, 0.05) is 11.3 Å². The summed E-state index contributed by atoms with van der Waals surface area (Å²) in [5, 5.41) is 18.7. The zero-order valence-electron chi connectivity index (χ0n) is 7.49. The average molecular weight is 299 g/mol. The predicted octanol–water partition coefficient (Wildman–Crippen LogP) is 2.05. The number of aliphatic hydroxyl groups is 2. The van der Waals surface area contributed by atoms with E-state index >= 15 is 0 Å². The highest BCUT2D eigenvalue weighted by atomic mass is 79.9. The minimum Gasteiger partial charge on any atom is -0.389 e. The van der Waals surface area contributed by atoms with Crippen molar-refractivity contribution >= 4 is 28.6 Å². The van der Waals surface area contributed by atoms with Crippen LogP contribution in [0.3, 0.4) is 0 Å². The van der Waals surface area contributed by atoms with Crippen LogP contribution in [0.1, 0.15) is 11.7 Å². The van der Waals surface area contributed by atoms with Crippen LogP contribution < -0.4 is 0 Å². The summed E-state index contributed by atoms with van der Waals surface area (Å²) < 4.78 is 26.3. The molecule has 0 spiro atoms. The van der Waals surface area contributed by atoms with Gasteiger partial charge in [0.25, 0.3) is 0 Å². The van der Waals surface area contributed by atoms with Crippen LogP contribution in [0.25, 0.3) is 0 Å². The van der Waals surface area contributed by atoms with Crippen LogP contribution in [0.2, 0.25) is 0 Å². The van der Waals surface area contributed by atoms with Crippen molar-refractivity contribution < 1.29 is 19.0 Å². The third kappa shape index (κ3) is 2.90. The van der Waals surface area contributed by atoms with Crippen molar-refractivity contribution in [1.82, 2.24) is 0 Å². The molecule has 0 bridgehead atoms. The highest BCUT2D eigenvalue weighted by molar-refractivity contribution is 9.10. The lowest BCUT2D eigenvalue weighted by atomic mass is 10.0. The Hall–Kier alpha value is -0.170. The largest absolute Gasteiger partial charge is 0.389 e. The van der Waals surface area contributed by atoms with Crippen LogP contribution in [0.15, 0.2) is 16.6 Å². The van der Waals surface area contributed by atoms with Crippen molar-refractivity contribution in [3.63, 3.8) is 0 Å². The third-order valence-electron chi connectivity index (χ3n) is 1.91. The summed E-state index contributed by atoms with van der Waals surface area (Å²) in [7, 11) is 0. The van der Waals surface area contributed by atoms with Crippen LogP contribution in [0.5, 0.6) is 0 Å². The second kappa shape index (κ2) is 5.25. The van der Waals surface area contributed by atoms with Gasteiger partial charge in [0.2, 0.25) is 0 Å². The molecule has 0 heterocycles. The van der Waals surface area contributed by atoms with Crippen molar-refractivity contribution in [1.29, 1.82) is 0 Å². The molecule has 2 atom stereocenters. The maximum Gasteiger partial charge on any atom is 0.137 e. The fraction of sp³-hybridized carbons (Fsp3) is 0.333. The summed E-state index contributed by atoms with van der Waals surface area (Å²) in [5.41, 5.74) is -0.280. The van der Waals surface area contributed by atoms with Gasteiger partial charge in [-0.15, -0.1) is 0 Å². The normalized spacial score (nSPS) is 15.1. The van der Waals surface area contributed by atoms with E-state index in [1.807, 2.05) is 0 Å². The van der Waals surface area contributed by atoms with Gasteiger partial charge in [-0.25, -0.2) is 8.78 Å². The second-order valence-electron chi connectivity index (χ2n) is 2.98. The zero-order chi connectivity index (χ0) is 11.6. The van der Waals surface area contributed by atoms with Gasteiger partial charge in [-0.1, -0.05) is 0 Å². The van der Waals surface area contributed by atoms with Crippen LogP contribution in [0, 0.1) is 11.6 Å². The summed E-state index contributed by atoms with van der Waals surface area (Å²) >= 11 is 6.56. The van der Waals surface area contributed by atoms with Crippen LogP contribution in [-0.4, -0.2) is 22.1 Å². The number of rotatable bonds is 3. The lowest BCUT2D eigenvalue weighted by molar-refractivity contribution is 0.0313. The molecule has 1 aromatic carbocycles. The van der Waals surface area contributed by atoms with E-state index in [0.717, 1.165) is 12.1 Å².